The monoisotopic (exact) mass is 249 g/mol. The lowest BCUT2D eigenvalue weighted by Gasteiger charge is -2.08. The molecule has 0 saturated heterocycles. The molecule has 0 atom stereocenters. The molecule has 0 bridgehead atoms. The number of nitrogens with one attached hydrogen (secondary N) is 1. The Morgan fingerprint density at radius 1 is 1.41 bits per heavy atom. The van der Waals surface area contributed by atoms with Gasteiger partial charge in [-0.05, 0) is 31.0 Å². The molecule has 90 valence electrons. The average Bonchev–Trinajstić information content (AvgIpc) is 2.73. The van der Waals surface area contributed by atoms with Crippen molar-refractivity contribution in [3.8, 4) is 0 Å². The third kappa shape index (κ3) is 2.80. The maximum absolute atomic E-state index is 6.22. The molecule has 0 aliphatic carbocycles. The molecule has 2 rings (SSSR count). The lowest BCUT2D eigenvalue weighted by molar-refractivity contribution is 0.673. The number of imidazole rings is 1. The van der Waals surface area contributed by atoms with E-state index in [0.29, 0.717) is 0 Å². The fraction of sp³-hybridized carbons (Fsp3) is 0.308. The van der Waals surface area contributed by atoms with Crippen LogP contribution in [0, 0.1) is 6.92 Å². The van der Waals surface area contributed by atoms with E-state index >= 15 is 0 Å². The topological polar surface area (TPSA) is 29.9 Å². The molecule has 1 N–H and O–H groups in total. The summed E-state index contributed by atoms with van der Waals surface area (Å²) >= 11 is 6.22. The molecular formula is C13H16ClN3. The molecular weight excluding hydrogens is 234 g/mol. The molecule has 0 fully saturated rings. The van der Waals surface area contributed by atoms with E-state index in [1.165, 1.54) is 5.56 Å². The van der Waals surface area contributed by atoms with Gasteiger partial charge in [0.25, 0.3) is 0 Å². The first-order chi connectivity index (χ1) is 8.20. The van der Waals surface area contributed by atoms with Crippen molar-refractivity contribution in [1.82, 2.24) is 9.55 Å². The summed E-state index contributed by atoms with van der Waals surface area (Å²) in [7, 11) is 1.89. The van der Waals surface area contributed by atoms with Crippen LogP contribution in [0.5, 0.6) is 0 Å². The van der Waals surface area contributed by atoms with Gasteiger partial charge in [0.2, 0.25) is 0 Å². The molecule has 3 nitrogen and oxygen atoms in total. The zero-order chi connectivity index (χ0) is 12.3. The van der Waals surface area contributed by atoms with E-state index in [4.69, 9.17) is 11.6 Å². The van der Waals surface area contributed by atoms with E-state index in [2.05, 4.69) is 20.9 Å². The number of benzene rings is 1. The van der Waals surface area contributed by atoms with Crippen LogP contribution >= 0.6 is 11.6 Å². The Morgan fingerprint density at radius 3 is 2.82 bits per heavy atom. The molecule has 0 radical (unpaired) electrons. The molecule has 2 aromatic rings. The maximum atomic E-state index is 6.22. The number of aromatic nitrogens is 2. The number of hydrogen-bond donors (Lipinski definition) is 1. The summed E-state index contributed by atoms with van der Waals surface area (Å²) in [5, 5.41) is 3.89. The SMILES string of the molecule is CNc1ccc(CCn2ccnc2C)c(Cl)c1. The predicted octanol–water partition coefficient (Wildman–Crippen LogP) is 3.13. The first kappa shape index (κ1) is 12.0. The normalized spacial score (nSPS) is 10.5. The van der Waals surface area contributed by atoms with Crippen LogP contribution in [-0.4, -0.2) is 16.6 Å². The summed E-state index contributed by atoms with van der Waals surface area (Å²) in [6.07, 6.45) is 4.73. The second-order valence-electron chi connectivity index (χ2n) is 3.97. The highest BCUT2D eigenvalue weighted by Gasteiger charge is 2.03. The zero-order valence-corrected chi connectivity index (χ0v) is 10.8. The first-order valence-electron chi connectivity index (χ1n) is 5.64. The number of rotatable bonds is 4. The Balaban J connectivity index is 2.07. The minimum atomic E-state index is 0.814. The van der Waals surface area contributed by atoms with Crippen LogP contribution < -0.4 is 5.32 Å². The zero-order valence-electron chi connectivity index (χ0n) is 10.1. The Kier molecular flexibility index (Phi) is 3.69. The van der Waals surface area contributed by atoms with E-state index in [1.54, 1.807) is 0 Å². The van der Waals surface area contributed by atoms with E-state index in [1.807, 2.05) is 38.5 Å². The lowest BCUT2D eigenvalue weighted by Crippen LogP contribution is -2.03. The van der Waals surface area contributed by atoms with Crippen molar-refractivity contribution in [2.75, 3.05) is 12.4 Å². The van der Waals surface area contributed by atoms with Crippen molar-refractivity contribution in [2.45, 2.75) is 19.9 Å². The van der Waals surface area contributed by atoms with Gasteiger partial charge in [0.05, 0.1) is 0 Å². The Labute approximate surface area is 106 Å². The molecule has 0 spiro atoms. The fourth-order valence-corrected chi connectivity index (χ4v) is 2.06. The molecule has 17 heavy (non-hydrogen) atoms. The molecule has 1 aromatic heterocycles. The summed E-state index contributed by atoms with van der Waals surface area (Å²) in [5.74, 6) is 1.04. The Morgan fingerprint density at radius 2 is 2.24 bits per heavy atom. The molecule has 0 aliphatic heterocycles. The minimum absolute atomic E-state index is 0.814. The summed E-state index contributed by atoms with van der Waals surface area (Å²) in [6, 6.07) is 6.07. The predicted molar refractivity (Wildman–Crippen MR) is 71.7 cm³/mol. The van der Waals surface area contributed by atoms with Gasteiger partial charge in [-0.2, -0.15) is 0 Å². The van der Waals surface area contributed by atoms with Crippen molar-refractivity contribution in [2.24, 2.45) is 0 Å². The summed E-state index contributed by atoms with van der Waals surface area (Å²) in [5.41, 5.74) is 2.20. The van der Waals surface area contributed by atoms with E-state index < -0.39 is 0 Å². The quantitative estimate of drug-likeness (QED) is 0.902. The van der Waals surface area contributed by atoms with Crippen molar-refractivity contribution >= 4 is 17.3 Å². The number of aryl methyl sites for hydroxylation is 3. The van der Waals surface area contributed by atoms with Crippen LogP contribution in [0.4, 0.5) is 5.69 Å². The standard InChI is InChI=1S/C13H16ClN3/c1-10-16-6-8-17(10)7-5-11-3-4-12(15-2)9-13(11)14/h3-4,6,8-9,15H,5,7H2,1-2H3. The van der Waals surface area contributed by atoms with Crippen LogP contribution in [0.25, 0.3) is 0 Å². The van der Waals surface area contributed by atoms with Gasteiger partial charge in [-0.25, -0.2) is 4.98 Å². The fourth-order valence-electron chi connectivity index (χ4n) is 1.79. The highest BCUT2D eigenvalue weighted by molar-refractivity contribution is 6.31. The van der Waals surface area contributed by atoms with Gasteiger partial charge in [0.15, 0.2) is 0 Å². The Bertz CT molecular complexity index is 505. The van der Waals surface area contributed by atoms with Crippen molar-refractivity contribution < 1.29 is 0 Å². The molecule has 0 aliphatic rings. The third-order valence-corrected chi connectivity index (χ3v) is 3.24. The van der Waals surface area contributed by atoms with Crippen molar-refractivity contribution in [3.05, 3.63) is 47.0 Å². The van der Waals surface area contributed by atoms with Crippen LogP contribution in [0.1, 0.15) is 11.4 Å². The van der Waals surface area contributed by atoms with Crippen molar-refractivity contribution in [3.63, 3.8) is 0 Å². The van der Waals surface area contributed by atoms with Crippen LogP contribution in [0.2, 0.25) is 5.02 Å². The molecule has 1 aromatic carbocycles. The average molecular weight is 250 g/mol. The number of hydrogen-bond acceptors (Lipinski definition) is 2. The molecule has 1 heterocycles. The first-order valence-corrected chi connectivity index (χ1v) is 6.02. The highest BCUT2D eigenvalue weighted by Crippen LogP contribution is 2.21. The highest BCUT2D eigenvalue weighted by atomic mass is 35.5. The van der Waals surface area contributed by atoms with Gasteiger partial charge in [-0.1, -0.05) is 17.7 Å². The summed E-state index contributed by atoms with van der Waals surface area (Å²) in [6.45, 7) is 2.91. The summed E-state index contributed by atoms with van der Waals surface area (Å²) < 4.78 is 2.13. The lowest BCUT2D eigenvalue weighted by atomic mass is 10.1. The van der Waals surface area contributed by atoms with Crippen molar-refractivity contribution in [1.29, 1.82) is 0 Å². The van der Waals surface area contributed by atoms with Gasteiger partial charge in [0.1, 0.15) is 5.82 Å². The third-order valence-electron chi connectivity index (χ3n) is 2.89. The van der Waals surface area contributed by atoms with Crippen LogP contribution in [0.3, 0.4) is 0 Å². The van der Waals surface area contributed by atoms with Gasteiger partial charge in [-0.3, -0.25) is 0 Å². The molecule has 0 saturated carbocycles. The van der Waals surface area contributed by atoms with E-state index in [0.717, 1.165) is 29.5 Å². The van der Waals surface area contributed by atoms with Gasteiger partial charge < -0.3 is 9.88 Å². The van der Waals surface area contributed by atoms with Crippen LogP contribution in [-0.2, 0) is 13.0 Å². The second-order valence-corrected chi connectivity index (χ2v) is 4.38. The smallest absolute Gasteiger partial charge is 0.105 e. The molecule has 0 amide bonds. The minimum Gasteiger partial charge on any atom is -0.388 e. The molecule has 4 heteroatoms. The van der Waals surface area contributed by atoms with Gasteiger partial charge in [-0.15, -0.1) is 0 Å². The second kappa shape index (κ2) is 5.23. The summed E-state index contributed by atoms with van der Waals surface area (Å²) in [4.78, 5) is 4.20. The largest absolute Gasteiger partial charge is 0.388 e. The van der Waals surface area contributed by atoms with Crippen LogP contribution in [0.15, 0.2) is 30.6 Å². The number of anilines is 1. The van der Waals surface area contributed by atoms with Gasteiger partial charge in [0, 0.05) is 36.7 Å². The maximum Gasteiger partial charge on any atom is 0.105 e. The molecule has 0 unspecified atom stereocenters. The number of nitrogens with zero attached hydrogens (tertiary/aromatic N) is 2. The van der Waals surface area contributed by atoms with E-state index in [-0.39, 0.29) is 0 Å². The van der Waals surface area contributed by atoms with Gasteiger partial charge >= 0.3 is 0 Å². The number of halogens is 1. The van der Waals surface area contributed by atoms with E-state index in [9.17, 15) is 0 Å². The Hall–Kier alpha value is -1.48.